The van der Waals surface area contributed by atoms with Gasteiger partial charge in [-0.25, -0.2) is 8.42 Å². The molecule has 1 aromatic heterocycles. The first-order valence-corrected chi connectivity index (χ1v) is 11.6. The molecule has 0 unspecified atom stereocenters. The quantitative estimate of drug-likeness (QED) is 0.580. The third-order valence-electron chi connectivity index (χ3n) is 4.88. The Morgan fingerprint density at radius 1 is 1.17 bits per heavy atom. The number of anilines is 1. The summed E-state index contributed by atoms with van der Waals surface area (Å²) in [5.74, 6) is 1.38. The maximum atomic E-state index is 12.0. The Balaban J connectivity index is 1.98. The van der Waals surface area contributed by atoms with Gasteiger partial charge in [-0.15, -0.1) is 0 Å². The van der Waals surface area contributed by atoms with E-state index in [4.69, 9.17) is 9.47 Å². The van der Waals surface area contributed by atoms with Gasteiger partial charge in [-0.1, -0.05) is 12.8 Å². The highest BCUT2D eigenvalue weighted by atomic mass is 32.2. The Morgan fingerprint density at radius 3 is 2.66 bits per heavy atom. The zero-order chi connectivity index (χ0) is 20.9. The predicted molar refractivity (Wildman–Crippen MR) is 114 cm³/mol. The predicted octanol–water partition coefficient (Wildman–Crippen LogP) is 3.52. The lowest BCUT2D eigenvalue weighted by molar-refractivity contribution is 0.134. The second-order valence-corrected chi connectivity index (χ2v) is 9.18. The fourth-order valence-corrected chi connectivity index (χ4v) is 3.65. The highest BCUT2D eigenvalue weighted by Crippen LogP contribution is 2.36. The Kier molecular flexibility index (Phi) is 6.97. The Bertz CT molecular complexity index is 996. The minimum atomic E-state index is -3.41. The monoisotopic (exact) mass is 420 g/mol. The maximum absolute atomic E-state index is 12.0. The molecule has 2 aromatic rings. The van der Waals surface area contributed by atoms with Crippen molar-refractivity contribution in [2.45, 2.75) is 39.7 Å². The average molecular weight is 421 g/mol. The number of pyridine rings is 1. The van der Waals surface area contributed by atoms with Gasteiger partial charge in [0, 0.05) is 35.7 Å². The van der Waals surface area contributed by atoms with Crippen molar-refractivity contribution in [3.8, 4) is 16.9 Å². The fraction of sp³-hybridized carbons (Fsp3) is 0.476. The van der Waals surface area contributed by atoms with Gasteiger partial charge in [0.25, 0.3) is 0 Å². The van der Waals surface area contributed by atoms with Gasteiger partial charge in [-0.05, 0) is 49.9 Å². The molecule has 1 aliphatic rings. The summed E-state index contributed by atoms with van der Waals surface area (Å²) in [7, 11) is -3.41. The van der Waals surface area contributed by atoms with Crippen LogP contribution in [0.25, 0.3) is 11.1 Å². The summed E-state index contributed by atoms with van der Waals surface area (Å²) in [5.41, 5.74) is 2.41. The summed E-state index contributed by atoms with van der Waals surface area (Å²) in [6.07, 6.45) is 5.14. The minimum Gasteiger partial charge on any atom is -0.493 e. The van der Waals surface area contributed by atoms with Crippen LogP contribution in [0, 0.1) is 5.92 Å². The van der Waals surface area contributed by atoms with Crippen LogP contribution < -0.4 is 15.0 Å². The number of rotatable bonds is 11. The van der Waals surface area contributed by atoms with Crippen molar-refractivity contribution in [2.24, 2.45) is 5.92 Å². The first kappa shape index (κ1) is 21.4. The van der Waals surface area contributed by atoms with Gasteiger partial charge in [0.15, 0.2) is 0 Å². The smallest absolute Gasteiger partial charge is 0.248 e. The van der Waals surface area contributed by atoms with Crippen LogP contribution in [-0.4, -0.2) is 32.4 Å². The number of hydrogen-bond donors (Lipinski definition) is 2. The fourth-order valence-electron chi connectivity index (χ4n) is 3.02. The van der Waals surface area contributed by atoms with Crippen molar-refractivity contribution in [3.05, 3.63) is 46.4 Å². The second-order valence-electron chi connectivity index (χ2n) is 7.17. The van der Waals surface area contributed by atoms with Crippen molar-refractivity contribution in [1.82, 2.24) is 4.98 Å². The van der Waals surface area contributed by atoms with E-state index in [1.165, 1.54) is 18.9 Å². The topological polar surface area (TPSA) is 97.5 Å². The normalized spacial score (nSPS) is 14.0. The molecule has 1 aromatic carbocycles. The van der Waals surface area contributed by atoms with Crippen LogP contribution in [0.1, 0.15) is 38.7 Å². The van der Waals surface area contributed by atoms with Gasteiger partial charge in [-0.2, -0.15) is 0 Å². The molecule has 0 saturated heterocycles. The molecule has 0 amide bonds. The van der Waals surface area contributed by atoms with Crippen LogP contribution >= 0.6 is 0 Å². The van der Waals surface area contributed by atoms with Gasteiger partial charge in [0.1, 0.15) is 5.75 Å². The van der Waals surface area contributed by atoms with Crippen molar-refractivity contribution in [1.29, 1.82) is 0 Å². The van der Waals surface area contributed by atoms with Crippen molar-refractivity contribution < 1.29 is 17.9 Å². The Hall–Kier alpha value is -2.32. The van der Waals surface area contributed by atoms with Gasteiger partial charge >= 0.3 is 0 Å². The SMILES string of the molecule is CCOCc1cc(=O)[nH]cc1-c1cc(NS(=O)(=O)CC)ccc1OCCC1CC1. The number of benzene rings is 1. The summed E-state index contributed by atoms with van der Waals surface area (Å²) in [4.78, 5) is 14.5. The molecular formula is C21H28N2O5S. The summed E-state index contributed by atoms with van der Waals surface area (Å²) in [5, 5.41) is 0. The zero-order valence-corrected chi connectivity index (χ0v) is 17.7. The van der Waals surface area contributed by atoms with E-state index in [-0.39, 0.29) is 17.9 Å². The van der Waals surface area contributed by atoms with Crippen LogP contribution in [0.2, 0.25) is 0 Å². The summed E-state index contributed by atoms with van der Waals surface area (Å²) >= 11 is 0. The van der Waals surface area contributed by atoms with E-state index in [0.29, 0.717) is 30.2 Å². The molecule has 0 radical (unpaired) electrons. The summed E-state index contributed by atoms with van der Waals surface area (Å²) < 4.78 is 38.1. The molecule has 0 bridgehead atoms. The molecule has 0 atom stereocenters. The molecule has 158 valence electrons. The summed E-state index contributed by atoms with van der Waals surface area (Å²) in [6.45, 7) is 4.87. The maximum Gasteiger partial charge on any atom is 0.248 e. The van der Waals surface area contributed by atoms with Crippen LogP contribution in [0.5, 0.6) is 5.75 Å². The van der Waals surface area contributed by atoms with Gasteiger partial charge < -0.3 is 14.5 Å². The number of H-pyrrole nitrogens is 1. The van der Waals surface area contributed by atoms with Crippen molar-refractivity contribution in [2.75, 3.05) is 23.7 Å². The molecule has 0 aliphatic heterocycles. The number of hydrogen-bond acceptors (Lipinski definition) is 5. The van der Waals surface area contributed by atoms with E-state index in [0.717, 1.165) is 23.5 Å². The molecule has 2 N–H and O–H groups in total. The molecule has 7 nitrogen and oxygen atoms in total. The number of nitrogens with one attached hydrogen (secondary N) is 2. The van der Waals surface area contributed by atoms with Crippen molar-refractivity contribution >= 4 is 15.7 Å². The van der Waals surface area contributed by atoms with Gasteiger partial charge in [-0.3, -0.25) is 9.52 Å². The Labute approximate surface area is 171 Å². The first-order chi connectivity index (χ1) is 13.9. The summed E-state index contributed by atoms with van der Waals surface area (Å²) in [6, 6.07) is 6.70. The van der Waals surface area contributed by atoms with Crippen molar-refractivity contribution in [3.63, 3.8) is 0 Å². The minimum absolute atomic E-state index is 0.0176. The van der Waals surface area contributed by atoms with E-state index in [2.05, 4.69) is 9.71 Å². The number of ether oxygens (including phenoxy) is 2. The highest BCUT2D eigenvalue weighted by molar-refractivity contribution is 7.92. The first-order valence-electron chi connectivity index (χ1n) is 9.99. The third kappa shape index (κ3) is 6.08. The largest absolute Gasteiger partial charge is 0.493 e. The third-order valence-corrected chi connectivity index (χ3v) is 6.18. The number of sulfonamides is 1. The lowest BCUT2D eigenvalue weighted by atomic mass is 10.0. The average Bonchev–Trinajstić information content (AvgIpc) is 3.52. The standard InChI is InChI=1S/C21H28N2O5S/c1-3-27-14-16-11-21(24)22-13-19(16)18-12-17(23-29(25,26)4-2)7-8-20(18)28-10-9-15-5-6-15/h7-8,11-13,15,23H,3-6,9-10,14H2,1-2H3,(H,22,24). The molecule has 3 rings (SSSR count). The molecule has 1 saturated carbocycles. The van der Waals surface area contributed by atoms with Crippen LogP contribution in [0.3, 0.4) is 0 Å². The molecule has 1 aliphatic carbocycles. The number of aromatic nitrogens is 1. The zero-order valence-electron chi connectivity index (χ0n) is 16.9. The molecule has 0 spiro atoms. The lowest BCUT2D eigenvalue weighted by Crippen LogP contribution is -2.15. The molecule has 1 fully saturated rings. The van der Waals surface area contributed by atoms with Gasteiger partial charge in [0.2, 0.25) is 15.6 Å². The second kappa shape index (κ2) is 9.45. The lowest BCUT2D eigenvalue weighted by Gasteiger charge is -2.16. The highest BCUT2D eigenvalue weighted by Gasteiger charge is 2.21. The van der Waals surface area contributed by atoms with E-state index >= 15 is 0 Å². The number of aromatic amines is 1. The molecule has 8 heteroatoms. The molecule has 29 heavy (non-hydrogen) atoms. The van der Waals surface area contributed by atoms with E-state index in [1.54, 1.807) is 31.3 Å². The van der Waals surface area contributed by atoms with E-state index < -0.39 is 10.0 Å². The Morgan fingerprint density at radius 2 is 1.97 bits per heavy atom. The van der Waals surface area contributed by atoms with Crippen LogP contribution in [-0.2, 0) is 21.4 Å². The van der Waals surface area contributed by atoms with E-state index in [9.17, 15) is 13.2 Å². The molecular weight excluding hydrogens is 392 g/mol. The van der Waals surface area contributed by atoms with Gasteiger partial charge in [0.05, 0.1) is 19.0 Å². The van der Waals surface area contributed by atoms with E-state index in [1.807, 2.05) is 6.92 Å². The van der Waals surface area contributed by atoms with Crippen LogP contribution in [0.15, 0.2) is 35.3 Å². The molecule has 1 heterocycles. The van der Waals surface area contributed by atoms with Crippen LogP contribution in [0.4, 0.5) is 5.69 Å².